The van der Waals surface area contributed by atoms with Crippen LogP contribution < -0.4 is 25.6 Å². The zero-order chi connectivity index (χ0) is 30.3. The van der Waals surface area contributed by atoms with Crippen molar-refractivity contribution in [2.75, 3.05) is 68.2 Å². The van der Waals surface area contributed by atoms with Gasteiger partial charge in [0, 0.05) is 62.7 Å². The summed E-state index contributed by atoms with van der Waals surface area (Å²) in [5.41, 5.74) is 2.29. The van der Waals surface area contributed by atoms with Gasteiger partial charge in [-0.1, -0.05) is 35.3 Å². The van der Waals surface area contributed by atoms with Gasteiger partial charge in [0.1, 0.15) is 24.5 Å². The van der Waals surface area contributed by atoms with Crippen molar-refractivity contribution >= 4 is 70.4 Å². The molecule has 2 saturated heterocycles. The van der Waals surface area contributed by atoms with Crippen molar-refractivity contribution in [3.63, 3.8) is 0 Å². The Hall–Kier alpha value is -3.04. The Morgan fingerprint density at radius 1 is 1.02 bits per heavy atom. The molecule has 1 atom stereocenters. The Morgan fingerprint density at radius 2 is 1.79 bits per heavy atom. The highest BCUT2D eigenvalue weighted by Gasteiger charge is 2.37. The molecule has 3 aromatic rings. The van der Waals surface area contributed by atoms with Gasteiger partial charge in [-0.15, -0.1) is 0 Å². The molecule has 4 heterocycles. The molecule has 0 saturated carbocycles. The van der Waals surface area contributed by atoms with E-state index in [0.29, 0.717) is 45.8 Å². The first-order chi connectivity index (χ1) is 20.6. The van der Waals surface area contributed by atoms with Crippen LogP contribution in [0.5, 0.6) is 5.75 Å². The van der Waals surface area contributed by atoms with Crippen molar-refractivity contribution in [1.29, 1.82) is 0 Å². The van der Waals surface area contributed by atoms with Gasteiger partial charge in [0.05, 0.1) is 28.6 Å². The van der Waals surface area contributed by atoms with Crippen LogP contribution in [0.2, 0.25) is 10.0 Å². The van der Waals surface area contributed by atoms with Gasteiger partial charge in [0.15, 0.2) is 5.82 Å². The average molecular weight is 645 g/mol. The molecule has 0 spiro atoms. The number of anilines is 5. The highest BCUT2D eigenvalue weighted by Crippen LogP contribution is 2.44. The number of carbonyl (C=O) groups excluding carboxylic acids is 1. The minimum Gasteiger partial charge on any atom is -0.489 e. The zero-order valence-electron chi connectivity index (χ0n) is 24.5. The summed E-state index contributed by atoms with van der Waals surface area (Å²) >= 11 is 13.3. The highest BCUT2D eigenvalue weighted by molar-refractivity contribution is 7.70. The van der Waals surface area contributed by atoms with Crippen molar-refractivity contribution < 1.29 is 14.1 Å². The van der Waals surface area contributed by atoms with Gasteiger partial charge in [-0.3, -0.25) is 9.69 Å². The van der Waals surface area contributed by atoms with Crippen LogP contribution in [0.3, 0.4) is 0 Å². The minimum absolute atomic E-state index is 0.163. The van der Waals surface area contributed by atoms with Gasteiger partial charge in [0.2, 0.25) is 11.9 Å². The van der Waals surface area contributed by atoms with Crippen LogP contribution in [0, 0.1) is 0 Å². The number of piperidine rings is 1. The number of fused-ring (bicyclic) bond motifs is 3. The maximum absolute atomic E-state index is 12.8. The maximum atomic E-state index is 12.8. The molecule has 0 aliphatic carbocycles. The smallest absolute Gasteiger partial charge is 0.229 e. The van der Waals surface area contributed by atoms with Crippen molar-refractivity contribution in [2.24, 2.45) is 0 Å². The van der Waals surface area contributed by atoms with Crippen LogP contribution in [0.4, 0.5) is 28.8 Å². The Labute approximate surface area is 262 Å². The van der Waals surface area contributed by atoms with Crippen molar-refractivity contribution in [3.8, 4) is 5.75 Å². The fourth-order valence-electron chi connectivity index (χ4n) is 6.24. The summed E-state index contributed by atoms with van der Waals surface area (Å²) in [6.07, 6.45) is 3.53. The van der Waals surface area contributed by atoms with E-state index in [-0.39, 0.29) is 11.9 Å². The molecule has 43 heavy (non-hydrogen) atoms. The molecule has 3 aliphatic rings. The van der Waals surface area contributed by atoms with Gasteiger partial charge in [-0.25, -0.2) is 4.98 Å². The first kappa shape index (κ1) is 30.0. The minimum atomic E-state index is -2.53. The molecule has 0 unspecified atom stereocenters. The normalized spacial score (nSPS) is 19.3. The van der Waals surface area contributed by atoms with E-state index in [4.69, 9.17) is 27.9 Å². The first-order valence-electron chi connectivity index (χ1n) is 14.5. The Balaban J connectivity index is 1.15. The second-order valence-electron chi connectivity index (χ2n) is 11.7. The van der Waals surface area contributed by atoms with Crippen LogP contribution in [-0.4, -0.2) is 90.4 Å². The lowest BCUT2D eigenvalue weighted by atomic mass is 9.99. The van der Waals surface area contributed by atoms with Gasteiger partial charge < -0.3 is 29.7 Å². The fourth-order valence-corrected chi connectivity index (χ4v) is 7.85. The molecule has 2 fully saturated rings. The van der Waals surface area contributed by atoms with Crippen molar-refractivity contribution in [1.82, 2.24) is 19.8 Å². The summed E-state index contributed by atoms with van der Waals surface area (Å²) in [4.78, 5) is 27.5. The molecular formula is C30H36Cl2N7O3P. The molecule has 0 radical (unpaired) electrons. The first-order valence-corrected chi connectivity index (χ1v) is 17.9. The van der Waals surface area contributed by atoms with Crippen LogP contribution >= 0.6 is 30.3 Å². The van der Waals surface area contributed by atoms with E-state index in [9.17, 15) is 9.36 Å². The topological polar surface area (TPSA) is 103 Å². The highest BCUT2D eigenvalue weighted by atomic mass is 35.5. The number of likely N-dealkylation sites (tertiary alicyclic amines) is 1. The Kier molecular flexibility index (Phi) is 8.48. The molecule has 10 nitrogen and oxygen atoms in total. The number of halogens is 2. The van der Waals surface area contributed by atoms with Crippen molar-refractivity contribution in [3.05, 3.63) is 52.6 Å². The predicted octanol–water partition coefficient (Wildman–Crippen LogP) is 5.41. The number of hydrogen-bond acceptors (Lipinski definition) is 9. The number of para-hydroxylation sites is 1. The average Bonchev–Trinajstić information content (AvgIpc) is 2.98. The Morgan fingerprint density at radius 3 is 2.53 bits per heavy atom. The number of aromatic nitrogens is 2. The van der Waals surface area contributed by atoms with Crippen LogP contribution in [0.15, 0.2) is 42.6 Å². The zero-order valence-corrected chi connectivity index (χ0v) is 26.9. The van der Waals surface area contributed by atoms with Crippen LogP contribution in [-0.2, 0) is 9.36 Å². The molecule has 6 rings (SSSR count). The van der Waals surface area contributed by atoms with Gasteiger partial charge in [-0.2, -0.15) is 4.98 Å². The SMILES string of the molecule is CC(=O)N1CCC(N2CCN3c4c(Cl)cc(Nc5ncc(Cl)c(Nc6ccccc6P(C)(C)=O)n5)cc4OC[C@H]3C2)CC1. The summed E-state index contributed by atoms with van der Waals surface area (Å²) in [5.74, 6) is 1.61. The monoisotopic (exact) mass is 643 g/mol. The molecule has 2 N–H and O–H groups in total. The summed E-state index contributed by atoms with van der Waals surface area (Å²) in [6.45, 7) is 10.0. The maximum Gasteiger partial charge on any atom is 0.229 e. The number of ether oxygens (including phenoxy) is 1. The van der Waals surface area contributed by atoms with Crippen LogP contribution in [0.1, 0.15) is 19.8 Å². The second-order valence-corrected chi connectivity index (χ2v) is 15.7. The van der Waals surface area contributed by atoms with E-state index in [0.717, 1.165) is 62.3 Å². The largest absolute Gasteiger partial charge is 0.489 e. The number of amides is 1. The second kappa shape index (κ2) is 12.2. The van der Waals surface area contributed by atoms with E-state index in [2.05, 4.69) is 30.4 Å². The standard InChI is InChI=1S/C30H36Cl2N7O3P/c1-19(40)37-10-8-21(9-11-37)38-12-13-39-22(17-38)18-42-26-15-20(14-23(31)28(26)39)34-30-33-16-24(32)29(36-30)35-25-6-4-5-7-27(25)43(2,3)41/h4-7,14-16,21-22H,8-13,17-18H2,1-3H3,(H2,33,34,35,36)/t22-/m1/s1. The van der Waals surface area contributed by atoms with E-state index in [1.807, 2.05) is 41.3 Å². The van der Waals surface area contributed by atoms with Gasteiger partial charge in [-0.05, 0) is 44.4 Å². The lowest BCUT2D eigenvalue weighted by molar-refractivity contribution is -0.130. The lowest BCUT2D eigenvalue weighted by Crippen LogP contribution is -2.60. The summed E-state index contributed by atoms with van der Waals surface area (Å²) in [6, 6.07) is 11.9. The van der Waals surface area contributed by atoms with Gasteiger partial charge >= 0.3 is 0 Å². The Bertz CT molecular complexity index is 1580. The third-order valence-electron chi connectivity index (χ3n) is 8.42. The van der Waals surface area contributed by atoms with E-state index >= 15 is 0 Å². The molecule has 1 aromatic heterocycles. The number of carbonyl (C=O) groups is 1. The molecule has 0 bridgehead atoms. The van der Waals surface area contributed by atoms with E-state index in [1.54, 1.807) is 20.3 Å². The third-order valence-corrected chi connectivity index (χ3v) is 10.5. The fraction of sp³-hybridized carbons (Fsp3) is 0.433. The van der Waals surface area contributed by atoms with Crippen LogP contribution in [0.25, 0.3) is 0 Å². The molecular weight excluding hydrogens is 608 g/mol. The molecule has 228 valence electrons. The third kappa shape index (κ3) is 6.43. The predicted molar refractivity (Wildman–Crippen MR) is 174 cm³/mol. The molecule has 1 amide bonds. The quantitative estimate of drug-likeness (QED) is 0.341. The number of rotatable bonds is 6. The molecule has 3 aliphatic heterocycles. The van der Waals surface area contributed by atoms with Gasteiger partial charge in [0.25, 0.3) is 0 Å². The molecule has 2 aromatic carbocycles. The lowest BCUT2D eigenvalue weighted by Gasteiger charge is -2.49. The summed E-state index contributed by atoms with van der Waals surface area (Å²) in [5, 5.41) is 8.11. The number of nitrogens with zero attached hydrogens (tertiary/aromatic N) is 5. The van der Waals surface area contributed by atoms with Crippen molar-refractivity contribution in [2.45, 2.75) is 31.8 Å². The van der Waals surface area contributed by atoms with E-state index in [1.165, 1.54) is 6.20 Å². The number of benzene rings is 2. The summed E-state index contributed by atoms with van der Waals surface area (Å²) < 4.78 is 19.1. The summed E-state index contributed by atoms with van der Waals surface area (Å²) in [7, 11) is -2.53. The number of piperazine rings is 1. The van der Waals surface area contributed by atoms with E-state index < -0.39 is 7.14 Å². The number of nitrogens with one attached hydrogen (secondary N) is 2. The molecule has 13 heteroatoms. The number of hydrogen-bond donors (Lipinski definition) is 2.